The van der Waals surface area contributed by atoms with E-state index in [0.717, 1.165) is 33.2 Å². The molecule has 0 aliphatic carbocycles. The smallest absolute Gasteiger partial charge is 0.269 e. The van der Waals surface area contributed by atoms with Gasteiger partial charge in [-0.3, -0.25) is 14.9 Å². The Labute approximate surface area is 190 Å². The molecular weight excluding hydrogens is 424 g/mol. The number of hydrogen-bond acceptors (Lipinski definition) is 3. The number of nitro groups is 1. The minimum Gasteiger partial charge on any atom is -0.308 e. The summed E-state index contributed by atoms with van der Waals surface area (Å²) < 4.78 is 0. The third-order valence-corrected chi connectivity index (χ3v) is 6.43. The predicted octanol–water partition coefficient (Wildman–Crippen LogP) is 6.47. The molecule has 0 N–H and O–H groups in total. The Hall–Kier alpha value is -3.70. The van der Waals surface area contributed by atoms with Gasteiger partial charge in [-0.15, -0.1) is 0 Å². The molecule has 0 saturated carbocycles. The third-order valence-electron chi connectivity index (χ3n) is 6.06. The van der Waals surface area contributed by atoms with E-state index in [4.69, 9.17) is 11.6 Å². The predicted molar refractivity (Wildman–Crippen MR) is 126 cm³/mol. The van der Waals surface area contributed by atoms with Gasteiger partial charge < -0.3 is 4.90 Å². The summed E-state index contributed by atoms with van der Waals surface area (Å²) in [5.74, 6) is -0.192. The molecule has 1 aliphatic rings. The van der Waals surface area contributed by atoms with E-state index in [0.29, 0.717) is 11.6 Å². The number of hydrogen-bond donors (Lipinski definition) is 0. The van der Waals surface area contributed by atoms with Gasteiger partial charge in [-0.1, -0.05) is 72.3 Å². The Morgan fingerprint density at radius 1 is 0.938 bits per heavy atom. The molecule has 1 amide bonds. The first-order valence-electron chi connectivity index (χ1n) is 10.3. The van der Waals surface area contributed by atoms with E-state index in [1.165, 1.54) is 12.1 Å². The second kappa shape index (κ2) is 8.09. The number of non-ortho nitro benzene ring substituents is 1. The van der Waals surface area contributed by atoms with E-state index in [1.54, 1.807) is 17.0 Å². The number of carbonyl (C=O) groups excluding carboxylic acids is 1. The highest BCUT2D eigenvalue weighted by atomic mass is 35.5. The zero-order valence-corrected chi connectivity index (χ0v) is 17.8. The molecule has 0 bridgehead atoms. The fourth-order valence-corrected chi connectivity index (χ4v) is 4.69. The first kappa shape index (κ1) is 20.2. The van der Waals surface area contributed by atoms with E-state index in [1.807, 2.05) is 48.5 Å². The number of rotatable bonds is 4. The third kappa shape index (κ3) is 3.51. The van der Waals surface area contributed by atoms with E-state index < -0.39 is 4.92 Å². The molecule has 4 aromatic carbocycles. The zero-order chi connectivity index (χ0) is 22.2. The first-order chi connectivity index (χ1) is 15.5. The molecule has 1 heterocycles. The summed E-state index contributed by atoms with van der Waals surface area (Å²) in [4.78, 5) is 25.8. The topological polar surface area (TPSA) is 63.4 Å². The molecule has 1 atom stereocenters. The Balaban J connectivity index is 1.66. The van der Waals surface area contributed by atoms with Crippen molar-refractivity contribution in [3.63, 3.8) is 0 Å². The Kier molecular flexibility index (Phi) is 5.11. The van der Waals surface area contributed by atoms with Crippen molar-refractivity contribution in [2.75, 3.05) is 4.90 Å². The van der Waals surface area contributed by atoms with Crippen LogP contribution in [0.15, 0.2) is 84.9 Å². The lowest BCUT2D eigenvalue weighted by Gasteiger charge is -2.35. The van der Waals surface area contributed by atoms with Crippen LogP contribution in [0, 0.1) is 10.1 Å². The van der Waals surface area contributed by atoms with Gasteiger partial charge in [0, 0.05) is 35.2 Å². The lowest BCUT2D eigenvalue weighted by atomic mass is 9.81. The van der Waals surface area contributed by atoms with Crippen molar-refractivity contribution < 1.29 is 9.72 Å². The number of amides is 1. The van der Waals surface area contributed by atoms with Crippen molar-refractivity contribution in [1.29, 1.82) is 0 Å². The van der Waals surface area contributed by atoms with Crippen LogP contribution in [0.1, 0.15) is 29.0 Å². The lowest BCUT2D eigenvalue weighted by molar-refractivity contribution is -0.384. The first-order valence-corrected chi connectivity index (χ1v) is 10.7. The molecule has 0 fully saturated rings. The van der Waals surface area contributed by atoms with Crippen LogP contribution in [-0.4, -0.2) is 10.8 Å². The number of halogens is 1. The molecule has 1 unspecified atom stereocenters. The fraction of sp³-hybridized carbons (Fsp3) is 0.115. The summed E-state index contributed by atoms with van der Waals surface area (Å²) in [6.45, 7) is 0.386. The summed E-state index contributed by atoms with van der Waals surface area (Å²) in [5, 5.41) is 13.9. The van der Waals surface area contributed by atoms with Gasteiger partial charge in [0.1, 0.15) is 0 Å². The van der Waals surface area contributed by atoms with Gasteiger partial charge in [0.15, 0.2) is 0 Å². The van der Waals surface area contributed by atoms with Crippen LogP contribution in [0.4, 0.5) is 11.4 Å². The maximum Gasteiger partial charge on any atom is 0.269 e. The SMILES string of the molecule is O=C1CC(c2ccc([N+](=O)[O-])cc2)c2c(ccc3ccccc23)N1Cc1ccccc1Cl. The van der Waals surface area contributed by atoms with Crippen LogP contribution in [0.3, 0.4) is 0 Å². The number of nitro benzene ring substituents is 1. The van der Waals surface area contributed by atoms with E-state index in [-0.39, 0.29) is 23.9 Å². The van der Waals surface area contributed by atoms with Crippen LogP contribution >= 0.6 is 11.6 Å². The average Bonchev–Trinajstić information content (AvgIpc) is 2.81. The van der Waals surface area contributed by atoms with Crippen molar-refractivity contribution in [3.8, 4) is 0 Å². The Bertz CT molecular complexity index is 1350. The quantitative estimate of drug-likeness (QED) is 0.269. The molecule has 6 heteroatoms. The van der Waals surface area contributed by atoms with Gasteiger partial charge in [-0.25, -0.2) is 0 Å². The van der Waals surface area contributed by atoms with Crippen molar-refractivity contribution >= 4 is 39.7 Å². The summed E-state index contributed by atoms with van der Waals surface area (Å²) >= 11 is 6.39. The van der Waals surface area contributed by atoms with Crippen LogP contribution in [-0.2, 0) is 11.3 Å². The van der Waals surface area contributed by atoms with Crippen LogP contribution in [0.25, 0.3) is 10.8 Å². The Morgan fingerprint density at radius 3 is 2.41 bits per heavy atom. The molecule has 158 valence electrons. The fourth-order valence-electron chi connectivity index (χ4n) is 4.49. The van der Waals surface area contributed by atoms with Crippen molar-refractivity contribution in [3.05, 3.63) is 117 Å². The highest BCUT2D eigenvalue weighted by molar-refractivity contribution is 6.31. The summed E-state index contributed by atoms with van der Waals surface area (Å²) in [6.07, 6.45) is 0.281. The second-order valence-corrected chi connectivity index (χ2v) is 8.30. The Morgan fingerprint density at radius 2 is 1.66 bits per heavy atom. The van der Waals surface area contributed by atoms with Gasteiger partial charge in [0.05, 0.1) is 11.5 Å². The van der Waals surface area contributed by atoms with E-state index in [2.05, 4.69) is 12.1 Å². The highest BCUT2D eigenvalue weighted by Crippen LogP contribution is 2.44. The largest absolute Gasteiger partial charge is 0.308 e. The number of benzene rings is 4. The lowest BCUT2D eigenvalue weighted by Crippen LogP contribution is -2.36. The summed E-state index contributed by atoms with van der Waals surface area (Å²) in [7, 11) is 0. The minimum absolute atomic E-state index is 0.00365. The van der Waals surface area contributed by atoms with Crippen molar-refractivity contribution in [1.82, 2.24) is 0 Å². The van der Waals surface area contributed by atoms with Gasteiger partial charge in [-0.2, -0.15) is 0 Å². The summed E-state index contributed by atoms with van der Waals surface area (Å²) in [6, 6.07) is 26.2. The van der Waals surface area contributed by atoms with Crippen LogP contribution < -0.4 is 4.90 Å². The zero-order valence-electron chi connectivity index (χ0n) is 17.1. The molecule has 0 saturated heterocycles. The normalized spacial score (nSPS) is 15.6. The van der Waals surface area contributed by atoms with E-state index >= 15 is 0 Å². The number of nitrogens with zero attached hydrogens (tertiary/aromatic N) is 2. The number of carbonyl (C=O) groups is 1. The van der Waals surface area contributed by atoms with Crippen LogP contribution in [0.2, 0.25) is 5.02 Å². The van der Waals surface area contributed by atoms with Crippen molar-refractivity contribution in [2.45, 2.75) is 18.9 Å². The monoisotopic (exact) mass is 442 g/mol. The molecule has 1 aliphatic heterocycles. The standard InChI is InChI=1S/C26H19ClN2O3/c27-23-8-4-2-6-19(23)16-28-24-14-11-17-5-1-3-7-21(17)26(24)22(15-25(28)30)18-9-12-20(13-10-18)29(31)32/h1-14,22H,15-16H2. The van der Waals surface area contributed by atoms with Gasteiger partial charge in [0.2, 0.25) is 5.91 Å². The highest BCUT2D eigenvalue weighted by Gasteiger charge is 2.34. The van der Waals surface area contributed by atoms with Gasteiger partial charge in [-0.05, 0) is 39.6 Å². The molecule has 5 nitrogen and oxygen atoms in total. The minimum atomic E-state index is -0.412. The van der Waals surface area contributed by atoms with Gasteiger partial charge in [0.25, 0.3) is 5.69 Å². The molecule has 0 aromatic heterocycles. The molecular formula is C26H19ClN2O3. The molecule has 4 aromatic rings. The second-order valence-electron chi connectivity index (χ2n) is 7.90. The molecule has 5 rings (SSSR count). The molecule has 32 heavy (non-hydrogen) atoms. The van der Waals surface area contributed by atoms with Crippen LogP contribution in [0.5, 0.6) is 0 Å². The van der Waals surface area contributed by atoms with Gasteiger partial charge >= 0.3 is 0 Å². The van der Waals surface area contributed by atoms with E-state index in [9.17, 15) is 14.9 Å². The molecule has 0 spiro atoms. The maximum absolute atomic E-state index is 13.3. The maximum atomic E-state index is 13.3. The summed E-state index contributed by atoms with van der Waals surface area (Å²) in [5.41, 5.74) is 3.72. The number of anilines is 1. The average molecular weight is 443 g/mol. The van der Waals surface area contributed by atoms with Crippen molar-refractivity contribution in [2.24, 2.45) is 0 Å². The number of fused-ring (bicyclic) bond motifs is 3. The molecule has 0 radical (unpaired) electrons.